The third-order valence-electron chi connectivity index (χ3n) is 4.67. The minimum atomic E-state index is -0.0895. The van der Waals surface area contributed by atoms with Crippen LogP contribution in [0.5, 0.6) is 23.0 Å². The summed E-state index contributed by atoms with van der Waals surface area (Å²) >= 11 is 0. The Balaban J connectivity index is 1.93. The number of hydrogen-bond donors (Lipinski definition) is 2. The molecule has 2 N–H and O–H groups in total. The summed E-state index contributed by atoms with van der Waals surface area (Å²) in [6.45, 7) is 2.48. The molecule has 0 aromatic heterocycles. The summed E-state index contributed by atoms with van der Waals surface area (Å²) in [7, 11) is 0. The normalized spacial score (nSPS) is 14.9. The summed E-state index contributed by atoms with van der Waals surface area (Å²) in [6.07, 6.45) is 0. The van der Waals surface area contributed by atoms with Crippen molar-refractivity contribution in [1.29, 1.82) is 0 Å². The lowest BCUT2D eigenvalue weighted by molar-refractivity contribution is 0.280. The summed E-state index contributed by atoms with van der Waals surface area (Å²) in [5.41, 5.74) is 3.86. The number of aliphatic hydroxyl groups is 1. The van der Waals surface area contributed by atoms with E-state index in [4.69, 9.17) is 9.47 Å². The summed E-state index contributed by atoms with van der Waals surface area (Å²) in [6, 6.07) is 18.8. The van der Waals surface area contributed by atoms with E-state index in [0.29, 0.717) is 18.1 Å². The molecule has 1 aliphatic heterocycles. The van der Waals surface area contributed by atoms with Gasteiger partial charge in [0.1, 0.15) is 23.0 Å². The Hall–Kier alpha value is -2.98. The molecule has 3 aromatic carbocycles. The van der Waals surface area contributed by atoms with E-state index in [0.717, 1.165) is 28.0 Å². The van der Waals surface area contributed by atoms with Gasteiger partial charge in [-0.25, -0.2) is 0 Å². The maximum Gasteiger partial charge on any atom is 0.135 e. The van der Waals surface area contributed by atoms with Crippen LogP contribution in [-0.4, -0.2) is 16.8 Å². The highest BCUT2D eigenvalue weighted by molar-refractivity contribution is 5.61. The van der Waals surface area contributed by atoms with Gasteiger partial charge < -0.3 is 19.7 Å². The van der Waals surface area contributed by atoms with Crippen molar-refractivity contribution in [2.45, 2.75) is 19.4 Å². The molecule has 0 spiro atoms. The first-order chi connectivity index (χ1) is 12.7. The molecule has 0 amide bonds. The molecule has 1 atom stereocenters. The second-order valence-corrected chi connectivity index (χ2v) is 6.25. The van der Waals surface area contributed by atoms with Crippen LogP contribution in [0, 0.1) is 0 Å². The first kappa shape index (κ1) is 16.5. The van der Waals surface area contributed by atoms with Crippen molar-refractivity contribution in [2.75, 3.05) is 6.61 Å². The number of fused-ring (bicyclic) bond motifs is 2. The van der Waals surface area contributed by atoms with Gasteiger partial charge in [-0.1, -0.05) is 36.4 Å². The Kier molecular flexibility index (Phi) is 4.27. The molecule has 1 unspecified atom stereocenters. The molecule has 0 aliphatic carbocycles. The fourth-order valence-electron chi connectivity index (χ4n) is 3.53. The Bertz CT molecular complexity index is 949. The van der Waals surface area contributed by atoms with Crippen molar-refractivity contribution in [1.82, 2.24) is 0 Å². The lowest BCUT2D eigenvalue weighted by Gasteiger charge is -2.30. The molecular formula is C22H20O4. The van der Waals surface area contributed by atoms with E-state index < -0.39 is 0 Å². The number of aliphatic hydroxyl groups excluding tert-OH is 1. The van der Waals surface area contributed by atoms with Crippen LogP contribution in [0.25, 0.3) is 0 Å². The van der Waals surface area contributed by atoms with E-state index in [1.54, 1.807) is 12.1 Å². The van der Waals surface area contributed by atoms with E-state index in [9.17, 15) is 10.2 Å². The molecule has 26 heavy (non-hydrogen) atoms. The molecule has 132 valence electrons. The Morgan fingerprint density at radius 1 is 0.923 bits per heavy atom. The Labute approximate surface area is 152 Å². The molecule has 3 aromatic rings. The van der Waals surface area contributed by atoms with Gasteiger partial charge in [0, 0.05) is 29.2 Å². The van der Waals surface area contributed by atoms with Gasteiger partial charge in [0.05, 0.1) is 13.2 Å². The van der Waals surface area contributed by atoms with Crippen molar-refractivity contribution in [3.05, 3.63) is 82.9 Å². The van der Waals surface area contributed by atoms with E-state index >= 15 is 0 Å². The molecule has 0 radical (unpaired) electrons. The van der Waals surface area contributed by atoms with E-state index in [1.165, 1.54) is 0 Å². The lowest BCUT2D eigenvalue weighted by atomic mass is 9.80. The van der Waals surface area contributed by atoms with Gasteiger partial charge in [0.25, 0.3) is 0 Å². The zero-order valence-electron chi connectivity index (χ0n) is 14.5. The van der Waals surface area contributed by atoms with Crippen LogP contribution in [0.2, 0.25) is 0 Å². The van der Waals surface area contributed by atoms with Crippen molar-refractivity contribution >= 4 is 0 Å². The van der Waals surface area contributed by atoms with Crippen LogP contribution in [0.1, 0.15) is 35.1 Å². The molecule has 4 nitrogen and oxygen atoms in total. The highest BCUT2D eigenvalue weighted by Gasteiger charge is 2.30. The molecule has 0 saturated carbocycles. The largest absolute Gasteiger partial charge is 0.508 e. The molecule has 1 aliphatic rings. The summed E-state index contributed by atoms with van der Waals surface area (Å²) in [5, 5.41) is 19.7. The predicted octanol–water partition coefficient (Wildman–Crippen LogP) is 4.57. The summed E-state index contributed by atoms with van der Waals surface area (Å²) < 4.78 is 11.7. The third kappa shape index (κ3) is 2.78. The number of phenols is 1. The quantitative estimate of drug-likeness (QED) is 0.567. The van der Waals surface area contributed by atoms with Gasteiger partial charge in [-0.2, -0.15) is 0 Å². The minimum absolute atomic E-state index is 0.0344. The number of aromatic hydroxyl groups is 1. The second kappa shape index (κ2) is 6.73. The third-order valence-corrected chi connectivity index (χ3v) is 4.67. The standard InChI is InChI=1S/C22H20O4/c1-2-25-16-8-10-19-21(12-16)26-20-11-15(24)7-9-18(20)22(19)17-6-4-3-5-14(17)13-23/h3-12,22-24H,2,13H2,1H3. The molecule has 4 heteroatoms. The van der Waals surface area contributed by atoms with Crippen molar-refractivity contribution in [3.63, 3.8) is 0 Å². The topological polar surface area (TPSA) is 58.9 Å². The van der Waals surface area contributed by atoms with Crippen LogP contribution in [0.3, 0.4) is 0 Å². The van der Waals surface area contributed by atoms with E-state index in [-0.39, 0.29) is 18.3 Å². The van der Waals surface area contributed by atoms with Gasteiger partial charge in [0.2, 0.25) is 0 Å². The van der Waals surface area contributed by atoms with Crippen LogP contribution in [0.4, 0.5) is 0 Å². The van der Waals surface area contributed by atoms with Crippen molar-refractivity contribution in [2.24, 2.45) is 0 Å². The van der Waals surface area contributed by atoms with Gasteiger partial charge in [-0.3, -0.25) is 0 Å². The smallest absolute Gasteiger partial charge is 0.135 e. The molecule has 4 rings (SSSR count). The zero-order chi connectivity index (χ0) is 18.1. The van der Waals surface area contributed by atoms with Gasteiger partial charge in [0.15, 0.2) is 0 Å². The number of hydrogen-bond acceptors (Lipinski definition) is 4. The van der Waals surface area contributed by atoms with E-state index in [1.807, 2.05) is 55.5 Å². The zero-order valence-corrected chi connectivity index (χ0v) is 14.5. The van der Waals surface area contributed by atoms with Gasteiger partial charge in [-0.05, 0) is 30.2 Å². The fraction of sp³-hybridized carbons (Fsp3) is 0.182. The SMILES string of the molecule is CCOc1ccc2c(c1)Oc1cc(O)ccc1C2c1ccccc1CO. The van der Waals surface area contributed by atoms with Crippen LogP contribution < -0.4 is 9.47 Å². The number of ether oxygens (including phenoxy) is 2. The number of benzene rings is 3. The first-order valence-electron chi connectivity index (χ1n) is 8.67. The van der Waals surface area contributed by atoms with Crippen LogP contribution >= 0.6 is 0 Å². The summed E-state index contributed by atoms with van der Waals surface area (Å²) in [5.74, 6) is 2.12. The summed E-state index contributed by atoms with van der Waals surface area (Å²) in [4.78, 5) is 0. The Morgan fingerprint density at radius 2 is 1.65 bits per heavy atom. The molecule has 1 heterocycles. The Morgan fingerprint density at radius 3 is 2.42 bits per heavy atom. The van der Waals surface area contributed by atoms with Gasteiger partial charge >= 0.3 is 0 Å². The van der Waals surface area contributed by atoms with Gasteiger partial charge in [-0.15, -0.1) is 0 Å². The van der Waals surface area contributed by atoms with Crippen LogP contribution in [-0.2, 0) is 6.61 Å². The maximum atomic E-state index is 9.89. The fourth-order valence-corrected chi connectivity index (χ4v) is 3.53. The van der Waals surface area contributed by atoms with Crippen molar-refractivity contribution < 1.29 is 19.7 Å². The average molecular weight is 348 g/mol. The minimum Gasteiger partial charge on any atom is -0.508 e. The molecule has 0 fully saturated rings. The molecule has 0 bridgehead atoms. The van der Waals surface area contributed by atoms with E-state index in [2.05, 4.69) is 0 Å². The second-order valence-electron chi connectivity index (χ2n) is 6.25. The number of phenolic OH excluding ortho intramolecular Hbond substituents is 1. The highest BCUT2D eigenvalue weighted by atomic mass is 16.5. The molecule has 0 saturated heterocycles. The monoisotopic (exact) mass is 348 g/mol. The predicted molar refractivity (Wildman–Crippen MR) is 99.1 cm³/mol. The first-order valence-corrected chi connectivity index (χ1v) is 8.67. The van der Waals surface area contributed by atoms with Crippen molar-refractivity contribution in [3.8, 4) is 23.0 Å². The molecular weight excluding hydrogens is 328 g/mol. The van der Waals surface area contributed by atoms with Crippen LogP contribution in [0.15, 0.2) is 60.7 Å². The number of rotatable bonds is 4. The maximum absolute atomic E-state index is 9.89. The average Bonchev–Trinajstić information content (AvgIpc) is 2.66. The highest BCUT2D eigenvalue weighted by Crippen LogP contribution is 2.49. The lowest BCUT2D eigenvalue weighted by Crippen LogP contribution is -2.13.